The number of rotatable bonds is 1. The molecule has 0 aliphatic carbocycles. The Bertz CT molecular complexity index is 146. The average molecular weight is 144 g/mol. The Hall–Kier alpha value is -0.400. The van der Waals surface area contributed by atoms with E-state index in [2.05, 4.69) is 14.2 Å². The van der Waals surface area contributed by atoms with E-state index in [4.69, 9.17) is 4.84 Å². The highest BCUT2D eigenvalue weighted by Crippen LogP contribution is 2.11. The molecular formula is C5H9N2OP. The maximum atomic E-state index is 4.92. The summed E-state index contributed by atoms with van der Waals surface area (Å²) in [5.41, 5.74) is 0. The molecule has 0 aromatic heterocycles. The van der Waals surface area contributed by atoms with Gasteiger partial charge in [-0.2, -0.15) is 0 Å². The van der Waals surface area contributed by atoms with Crippen LogP contribution in [0.4, 0.5) is 0 Å². The van der Waals surface area contributed by atoms with Crippen molar-refractivity contribution in [2.45, 2.75) is 5.91 Å². The predicted octanol–water partition coefficient (Wildman–Crippen LogP) is 0.607. The molecule has 3 nitrogen and oxygen atoms in total. The van der Waals surface area contributed by atoms with Gasteiger partial charge in [-0.3, -0.25) is 9.83 Å². The first-order chi connectivity index (χ1) is 4.34. The Labute approximate surface area is 56.6 Å². The van der Waals surface area contributed by atoms with Gasteiger partial charge in [0.25, 0.3) is 0 Å². The lowest BCUT2D eigenvalue weighted by atomic mass is 10.6. The van der Waals surface area contributed by atoms with Crippen LogP contribution < -0.4 is 0 Å². The fraction of sp³-hybridized carbons (Fsp3) is 0.400. The molecule has 0 saturated carbocycles. The van der Waals surface area contributed by atoms with Gasteiger partial charge in [-0.1, -0.05) is 9.24 Å². The average Bonchev–Trinajstić information content (AvgIpc) is 1.89. The van der Waals surface area contributed by atoms with Crippen LogP contribution in [0, 0.1) is 0 Å². The summed E-state index contributed by atoms with van der Waals surface area (Å²) in [6.07, 6.45) is 5.39. The van der Waals surface area contributed by atoms with Crippen LogP contribution >= 0.6 is 9.24 Å². The summed E-state index contributed by atoms with van der Waals surface area (Å²) in [4.78, 5) is 8.95. The molecule has 0 spiro atoms. The van der Waals surface area contributed by atoms with Crippen LogP contribution in [-0.4, -0.2) is 24.3 Å². The molecule has 1 heterocycles. The summed E-state index contributed by atoms with van der Waals surface area (Å²) in [7, 11) is 4.16. The number of hydrogen-bond donors (Lipinski definition) is 0. The normalized spacial score (nSPS) is 25.1. The Morgan fingerprint density at radius 1 is 1.78 bits per heavy atom. The fourth-order valence-corrected chi connectivity index (χ4v) is 0.904. The largest absolute Gasteiger partial charge is 0.275 e. The van der Waals surface area contributed by atoms with Gasteiger partial charge in [-0.25, -0.2) is 5.06 Å². The van der Waals surface area contributed by atoms with Crippen LogP contribution in [-0.2, 0) is 4.84 Å². The molecule has 0 amide bonds. The molecule has 2 atom stereocenters. The molecular weight excluding hydrogens is 135 g/mol. The van der Waals surface area contributed by atoms with E-state index < -0.39 is 0 Å². The van der Waals surface area contributed by atoms with Gasteiger partial charge in [-0.15, -0.1) is 0 Å². The first-order valence-electron chi connectivity index (χ1n) is 2.62. The van der Waals surface area contributed by atoms with Gasteiger partial charge in [0.2, 0.25) is 0 Å². The maximum absolute atomic E-state index is 4.92. The third kappa shape index (κ3) is 1.50. The molecule has 1 rings (SSSR count). The van der Waals surface area contributed by atoms with Crippen LogP contribution in [0.15, 0.2) is 17.3 Å². The van der Waals surface area contributed by atoms with E-state index in [9.17, 15) is 0 Å². The molecule has 1 aliphatic heterocycles. The van der Waals surface area contributed by atoms with Gasteiger partial charge in [0, 0.05) is 12.4 Å². The first-order valence-corrected chi connectivity index (χ1v) is 3.29. The van der Waals surface area contributed by atoms with Crippen molar-refractivity contribution in [2.24, 2.45) is 4.99 Å². The second-order valence-electron chi connectivity index (χ2n) is 1.60. The number of nitrogens with zero attached hydrogens (tertiary/aromatic N) is 2. The van der Waals surface area contributed by atoms with Crippen molar-refractivity contribution in [1.82, 2.24) is 5.06 Å². The van der Waals surface area contributed by atoms with Crippen molar-refractivity contribution in [1.29, 1.82) is 0 Å². The predicted molar refractivity (Wildman–Crippen MR) is 40.0 cm³/mol. The van der Waals surface area contributed by atoms with Gasteiger partial charge in [0.1, 0.15) is 0 Å². The highest BCUT2D eigenvalue weighted by atomic mass is 31.0. The quantitative estimate of drug-likeness (QED) is 0.503. The van der Waals surface area contributed by atoms with Crippen LogP contribution in [0.25, 0.3) is 0 Å². The summed E-state index contributed by atoms with van der Waals surface area (Å²) >= 11 is 0. The lowest BCUT2D eigenvalue weighted by molar-refractivity contribution is -0.0959. The molecule has 2 unspecified atom stereocenters. The van der Waals surface area contributed by atoms with Crippen LogP contribution in [0.1, 0.15) is 0 Å². The summed E-state index contributed by atoms with van der Waals surface area (Å²) in [5.74, 6) is 0.0278. The van der Waals surface area contributed by atoms with Crippen LogP contribution in [0.2, 0.25) is 0 Å². The molecule has 4 heteroatoms. The Balaban J connectivity index is 2.55. The number of hydrogen-bond acceptors (Lipinski definition) is 3. The molecule has 1 aliphatic rings. The summed E-state index contributed by atoms with van der Waals surface area (Å²) < 4.78 is 0. The van der Waals surface area contributed by atoms with Crippen molar-refractivity contribution >= 4 is 15.5 Å². The SMILES string of the molecule is CON1C=CC=NC1P. The van der Waals surface area contributed by atoms with E-state index in [0.29, 0.717) is 0 Å². The molecule has 0 radical (unpaired) electrons. The van der Waals surface area contributed by atoms with Crippen molar-refractivity contribution in [3.63, 3.8) is 0 Å². The highest BCUT2D eigenvalue weighted by molar-refractivity contribution is 7.17. The van der Waals surface area contributed by atoms with E-state index >= 15 is 0 Å². The van der Waals surface area contributed by atoms with Gasteiger partial charge >= 0.3 is 0 Å². The van der Waals surface area contributed by atoms with Crippen molar-refractivity contribution < 1.29 is 4.84 Å². The molecule has 0 fully saturated rings. The number of hydroxylamine groups is 2. The van der Waals surface area contributed by atoms with E-state index in [1.807, 2.05) is 12.3 Å². The number of aliphatic imine (C=N–C) groups is 1. The summed E-state index contributed by atoms with van der Waals surface area (Å²) in [5, 5.41) is 1.64. The van der Waals surface area contributed by atoms with Crippen LogP contribution in [0.5, 0.6) is 0 Å². The second-order valence-corrected chi connectivity index (χ2v) is 2.19. The Morgan fingerprint density at radius 2 is 2.56 bits per heavy atom. The molecule has 0 aromatic carbocycles. The van der Waals surface area contributed by atoms with Crippen molar-refractivity contribution in [3.8, 4) is 0 Å². The minimum atomic E-state index is 0.0278. The van der Waals surface area contributed by atoms with E-state index in [1.54, 1.807) is 18.4 Å². The zero-order chi connectivity index (χ0) is 6.69. The zero-order valence-corrected chi connectivity index (χ0v) is 6.34. The number of allylic oxidation sites excluding steroid dienone is 1. The highest BCUT2D eigenvalue weighted by Gasteiger charge is 2.07. The smallest absolute Gasteiger partial charge is 0.157 e. The molecule has 9 heavy (non-hydrogen) atoms. The van der Waals surface area contributed by atoms with Gasteiger partial charge < -0.3 is 0 Å². The Morgan fingerprint density at radius 3 is 3.00 bits per heavy atom. The maximum Gasteiger partial charge on any atom is 0.157 e. The van der Waals surface area contributed by atoms with Crippen molar-refractivity contribution in [3.05, 3.63) is 12.3 Å². The summed E-state index contributed by atoms with van der Waals surface area (Å²) in [6, 6.07) is 0. The van der Waals surface area contributed by atoms with Gasteiger partial charge in [0.15, 0.2) is 5.91 Å². The standard InChI is InChI=1S/C5H9N2OP/c1-8-7-4-2-3-6-5(7)9/h2-5H,9H2,1H3. The minimum Gasteiger partial charge on any atom is -0.275 e. The van der Waals surface area contributed by atoms with Crippen LogP contribution in [0.3, 0.4) is 0 Å². The second kappa shape index (κ2) is 2.95. The lowest BCUT2D eigenvalue weighted by Crippen LogP contribution is -2.24. The van der Waals surface area contributed by atoms with Crippen molar-refractivity contribution in [2.75, 3.05) is 7.11 Å². The molecule has 0 saturated heterocycles. The van der Waals surface area contributed by atoms with Gasteiger partial charge in [-0.05, 0) is 6.08 Å². The zero-order valence-electron chi connectivity index (χ0n) is 5.19. The molecule has 50 valence electrons. The lowest BCUT2D eigenvalue weighted by Gasteiger charge is -2.22. The summed E-state index contributed by atoms with van der Waals surface area (Å²) in [6.45, 7) is 0. The minimum absolute atomic E-state index is 0.0278. The van der Waals surface area contributed by atoms with E-state index in [0.717, 1.165) is 0 Å². The third-order valence-electron chi connectivity index (χ3n) is 1.03. The third-order valence-corrected chi connectivity index (χ3v) is 1.50. The molecule has 0 aromatic rings. The van der Waals surface area contributed by atoms with E-state index in [1.165, 1.54) is 0 Å². The fourth-order valence-electron chi connectivity index (χ4n) is 0.584. The topological polar surface area (TPSA) is 24.8 Å². The molecule has 0 N–H and O–H groups in total. The Kier molecular flexibility index (Phi) is 2.20. The van der Waals surface area contributed by atoms with E-state index in [-0.39, 0.29) is 5.91 Å². The monoisotopic (exact) mass is 144 g/mol. The molecule has 0 bridgehead atoms. The first kappa shape index (κ1) is 6.72. The van der Waals surface area contributed by atoms with Gasteiger partial charge in [0.05, 0.1) is 7.11 Å².